The fourth-order valence-electron chi connectivity index (χ4n) is 5.54. The molecule has 0 spiro atoms. The van der Waals surface area contributed by atoms with Crippen molar-refractivity contribution < 1.29 is 9.53 Å². The van der Waals surface area contributed by atoms with Crippen LogP contribution in [0.2, 0.25) is 0 Å². The standard InChI is InChI=1S/C33H40N10O2S/c1-40(2)18-19-41(3)28-22-29(45-4)26(21-25(28)34-30(44)13-10-17-42-15-8-5-9-16-42)36-33-35-24-14-20-46-31(24)32(37-33)43-27-12-7-6-11-23(27)38-39-43/h6-7,10-14,20-22H,5,8-9,15-19H2,1-4H3,(H,34,44)(H,35,36,37)/b13-10+. The van der Waals surface area contributed by atoms with Gasteiger partial charge in [0.05, 0.1) is 39.9 Å². The molecule has 0 aliphatic carbocycles. The Balaban J connectivity index is 1.33. The summed E-state index contributed by atoms with van der Waals surface area (Å²) in [5.41, 5.74) is 4.51. The number of aromatic nitrogens is 5. The number of para-hydroxylation sites is 1. The van der Waals surface area contributed by atoms with E-state index in [0.29, 0.717) is 28.9 Å². The van der Waals surface area contributed by atoms with Crippen LogP contribution in [0.1, 0.15) is 19.3 Å². The molecular formula is C33H40N10O2S. The molecule has 6 rings (SSSR count). The van der Waals surface area contributed by atoms with Crippen LogP contribution in [0.25, 0.3) is 27.1 Å². The van der Waals surface area contributed by atoms with Crippen LogP contribution in [0.15, 0.2) is 60.0 Å². The van der Waals surface area contributed by atoms with Crippen molar-refractivity contribution in [2.75, 3.05) is 76.5 Å². The number of carbonyl (C=O) groups is 1. The third-order valence-corrected chi connectivity index (χ3v) is 8.94. The minimum Gasteiger partial charge on any atom is -0.494 e. The first-order chi connectivity index (χ1) is 22.4. The van der Waals surface area contributed by atoms with Crippen LogP contribution in [0.5, 0.6) is 5.75 Å². The van der Waals surface area contributed by atoms with Crippen molar-refractivity contribution >= 4 is 61.5 Å². The zero-order valence-corrected chi connectivity index (χ0v) is 27.5. The summed E-state index contributed by atoms with van der Waals surface area (Å²) in [7, 11) is 7.72. The molecule has 46 heavy (non-hydrogen) atoms. The molecule has 4 heterocycles. The van der Waals surface area contributed by atoms with E-state index in [-0.39, 0.29) is 5.91 Å². The Kier molecular flexibility index (Phi) is 9.71. The first-order valence-electron chi connectivity index (χ1n) is 15.5. The van der Waals surface area contributed by atoms with Gasteiger partial charge in [-0.25, -0.2) is 4.98 Å². The van der Waals surface area contributed by atoms with Crippen molar-refractivity contribution in [1.29, 1.82) is 0 Å². The van der Waals surface area contributed by atoms with E-state index in [2.05, 4.69) is 35.6 Å². The third-order valence-electron chi connectivity index (χ3n) is 8.04. The third kappa shape index (κ3) is 7.11. The predicted molar refractivity (Wildman–Crippen MR) is 186 cm³/mol. The predicted octanol–water partition coefficient (Wildman–Crippen LogP) is 5.16. The number of hydrogen-bond acceptors (Lipinski definition) is 11. The molecule has 5 aromatic rings. The summed E-state index contributed by atoms with van der Waals surface area (Å²) in [5.74, 6) is 1.40. The maximum atomic E-state index is 13.2. The van der Waals surface area contributed by atoms with Crippen LogP contribution in [-0.2, 0) is 4.79 Å². The van der Waals surface area contributed by atoms with Gasteiger partial charge in [-0.05, 0) is 69.7 Å². The van der Waals surface area contributed by atoms with Gasteiger partial charge in [0, 0.05) is 38.8 Å². The molecule has 0 radical (unpaired) electrons. The smallest absolute Gasteiger partial charge is 0.248 e. The number of anilines is 4. The molecule has 0 saturated carbocycles. The topological polar surface area (TPSA) is 117 Å². The first-order valence-corrected chi connectivity index (χ1v) is 16.4. The molecule has 240 valence electrons. The highest BCUT2D eigenvalue weighted by atomic mass is 32.1. The van der Waals surface area contributed by atoms with Gasteiger partial charge in [-0.3, -0.25) is 9.69 Å². The van der Waals surface area contributed by atoms with Gasteiger partial charge in [-0.15, -0.1) is 16.4 Å². The van der Waals surface area contributed by atoms with E-state index >= 15 is 0 Å². The number of amides is 1. The lowest BCUT2D eigenvalue weighted by molar-refractivity contribution is -0.111. The zero-order valence-electron chi connectivity index (χ0n) is 26.7. The highest BCUT2D eigenvalue weighted by Gasteiger charge is 2.19. The molecule has 2 aromatic carbocycles. The van der Waals surface area contributed by atoms with Gasteiger partial charge in [0.25, 0.3) is 0 Å². The van der Waals surface area contributed by atoms with Crippen LogP contribution >= 0.6 is 11.3 Å². The summed E-state index contributed by atoms with van der Waals surface area (Å²) in [6.45, 7) is 4.52. The summed E-state index contributed by atoms with van der Waals surface area (Å²) >= 11 is 1.55. The monoisotopic (exact) mass is 640 g/mol. The van der Waals surface area contributed by atoms with Crippen LogP contribution < -0.4 is 20.3 Å². The second-order valence-corrected chi connectivity index (χ2v) is 12.6. The second kappa shape index (κ2) is 14.2. The molecule has 1 amide bonds. The van der Waals surface area contributed by atoms with Gasteiger partial charge in [0.1, 0.15) is 11.3 Å². The number of fused-ring (bicyclic) bond motifs is 2. The number of carbonyl (C=O) groups excluding carboxylic acids is 1. The Bertz CT molecular complexity index is 1840. The van der Waals surface area contributed by atoms with Gasteiger partial charge < -0.3 is 25.2 Å². The van der Waals surface area contributed by atoms with E-state index in [9.17, 15) is 4.79 Å². The van der Waals surface area contributed by atoms with E-state index in [1.54, 1.807) is 29.2 Å². The number of ether oxygens (including phenoxy) is 1. The molecular weight excluding hydrogens is 600 g/mol. The van der Waals surface area contributed by atoms with Crippen molar-refractivity contribution in [3.63, 3.8) is 0 Å². The largest absolute Gasteiger partial charge is 0.494 e. The molecule has 1 aliphatic heterocycles. The number of nitrogens with zero attached hydrogens (tertiary/aromatic N) is 8. The molecule has 1 aliphatic rings. The molecule has 1 fully saturated rings. The van der Waals surface area contributed by atoms with Gasteiger partial charge in [0.15, 0.2) is 5.82 Å². The molecule has 12 nitrogen and oxygen atoms in total. The van der Waals surface area contributed by atoms with E-state index < -0.39 is 0 Å². The molecule has 0 unspecified atom stereocenters. The second-order valence-electron chi connectivity index (χ2n) is 11.7. The van der Waals surface area contributed by atoms with Crippen LogP contribution in [0, 0.1) is 0 Å². The number of piperidine rings is 1. The minimum atomic E-state index is -0.188. The zero-order chi connectivity index (χ0) is 32.0. The van der Waals surface area contributed by atoms with Gasteiger partial charge in [-0.1, -0.05) is 29.8 Å². The first kappa shape index (κ1) is 31.4. The highest BCUT2D eigenvalue weighted by molar-refractivity contribution is 7.17. The number of likely N-dealkylation sites (N-methyl/N-ethyl adjacent to an activating group) is 2. The fraction of sp³-hybridized carbons (Fsp3) is 0.364. The normalized spacial score (nSPS) is 14.0. The number of rotatable bonds is 12. The maximum absolute atomic E-state index is 13.2. The van der Waals surface area contributed by atoms with Crippen molar-refractivity contribution in [1.82, 2.24) is 34.8 Å². The van der Waals surface area contributed by atoms with Crippen LogP contribution in [0.3, 0.4) is 0 Å². The number of thiophene rings is 1. The van der Waals surface area contributed by atoms with Crippen LogP contribution in [-0.4, -0.2) is 102 Å². The maximum Gasteiger partial charge on any atom is 0.248 e. The van der Waals surface area contributed by atoms with Gasteiger partial charge >= 0.3 is 0 Å². The summed E-state index contributed by atoms with van der Waals surface area (Å²) < 4.78 is 8.48. The van der Waals surface area contributed by atoms with Crippen molar-refractivity contribution in [2.45, 2.75) is 19.3 Å². The highest BCUT2D eigenvalue weighted by Crippen LogP contribution is 2.38. The molecule has 13 heteroatoms. The summed E-state index contributed by atoms with van der Waals surface area (Å²) in [6.07, 6.45) is 7.27. The van der Waals surface area contributed by atoms with Gasteiger partial charge in [-0.2, -0.15) is 9.67 Å². The van der Waals surface area contributed by atoms with Crippen molar-refractivity contribution in [2.24, 2.45) is 0 Å². The Morgan fingerprint density at radius 3 is 2.65 bits per heavy atom. The summed E-state index contributed by atoms with van der Waals surface area (Å²) in [4.78, 5) is 29.5. The number of likely N-dealkylation sites (tertiary alicyclic amines) is 1. The van der Waals surface area contributed by atoms with E-state index in [1.165, 1.54) is 19.3 Å². The molecule has 0 bridgehead atoms. The summed E-state index contributed by atoms with van der Waals surface area (Å²) in [6, 6.07) is 13.5. The Hall–Kier alpha value is -4.59. The van der Waals surface area contributed by atoms with E-state index in [4.69, 9.17) is 14.7 Å². The average Bonchev–Trinajstić information content (AvgIpc) is 3.71. The fourth-order valence-corrected chi connectivity index (χ4v) is 6.35. The van der Waals surface area contributed by atoms with Crippen molar-refractivity contribution in [3.8, 4) is 11.6 Å². The van der Waals surface area contributed by atoms with Gasteiger partial charge in [0.2, 0.25) is 11.9 Å². The molecule has 1 saturated heterocycles. The lowest BCUT2D eigenvalue weighted by atomic mass is 10.1. The Morgan fingerprint density at radius 1 is 1.02 bits per heavy atom. The number of nitrogens with one attached hydrogen (secondary N) is 2. The minimum absolute atomic E-state index is 0.188. The SMILES string of the molecule is COc1cc(N(C)CCN(C)C)c(NC(=O)/C=C/CN2CCCCC2)cc1Nc1nc(-n2nnc3ccccc32)c2sccc2n1. The Morgan fingerprint density at radius 2 is 1.85 bits per heavy atom. The average molecular weight is 641 g/mol. The lowest BCUT2D eigenvalue weighted by Gasteiger charge is -2.26. The quantitative estimate of drug-likeness (QED) is 0.177. The summed E-state index contributed by atoms with van der Waals surface area (Å²) in [5, 5.41) is 17.2. The number of benzene rings is 2. The molecule has 3 aromatic heterocycles. The number of methoxy groups -OCH3 is 1. The Labute approximate surface area is 272 Å². The van der Waals surface area contributed by atoms with Crippen LogP contribution in [0.4, 0.5) is 23.0 Å². The lowest BCUT2D eigenvalue weighted by Crippen LogP contribution is -2.30. The molecule has 2 N–H and O–H groups in total. The molecule has 0 atom stereocenters. The number of hydrogen-bond donors (Lipinski definition) is 2. The van der Waals surface area contributed by atoms with E-state index in [0.717, 1.165) is 59.7 Å². The van der Waals surface area contributed by atoms with Crippen molar-refractivity contribution in [3.05, 3.63) is 60.0 Å². The van der Waals surface area contributed by atoms with E-state index in [1.807, 2.05) is 75.1 Å².